The van der Waals surface area contributed by atoms with Gasteiger partial charge in [-0.3, -0.25) is 4.79 Å². The first-order chi connectivity index (χ1) is 13.6. The van der Waals surface area contributed by atoms with Gasteiger partial charge in [-0.25, -0.2) is 9.50 Å². The van der Waals surface area contributed by atoms with Crippen molar-refractivity contribution >= 4 is 23.7 Å². The molecule has 2 aromatic heterocycles. The molecule has 0 spiro atoms. The van der Waals surface area contributed by atoms with E-state index >= 15 is 0 Å². The van der Waals surface area contributed by atoms with E-state index < -0.39 is 0 Å². The maximum Gasteiger partial charge on any atom is 0.170 e. The molecule has 28 heavy (non-hydrogen) atoms. The Labute approximate surface area is 171 Å². The van der Waals surface area contributed by atoms with Crippen molar-refractivity contribution in [3.05, 3.63) is 64.8 Å². The van der Waals surface area contributed by atoms with Gasteiger partial charge in [0.25, 0.3) is 0 Å². The van der Waals surface area contributed by atoms with E-state index in [1.165, 1.54) is 10.5 Å². The Balaban J connectivity index is 0.000000921. The Hall–Kier alpha value is -2.44. The number of fused-ring (bicyclic) bond motifs is 1. The fraction of sp³-hybridized carbons (Fsp3) is 0.318. The van der Waals surface area contributed by atoms with Crippen LogP contribution in [0.1, 0.15) is 55.9 Å². The summed E-state index contributed by atoms with van der Waals surface area (Å²) in [6.45, 7) is 10.4. The van der Waals surface area contributed by atoms with Gasteiger partial charge in [0.15, 0.2) is 11.9 Å². The minimum Gasteiger partial charge on any atom is -0.400 e. The monoisotopic (exact) mass is 399 g/mol. The molecule has 0 saturated heterocycles. The standard InChI is InChI=1S/C19H19N3OS.C2H6.CH4O/c1-4-13(2)24-14(3)15-5-7-16(8-6-15)18-9-10-20-19-11-17(12-23)21-22(18)19;2*1-2/h4-12,14H,1-3H3;1-2H3;2H,1H3/b13-4-;;. The van der Waals surface area contributed by atoms with E-state index in [-0.39, 0.29) is 0 Å². The second-order valence-electron chi connectivity index (χ2n) is 5.57. The highest BCUT2D eigenvalue weighted by Crippen LogP contribution is 2.34. The molecular formula is C22H29N3O2S. The topological polar surface area (TPSA) is 67.5 Å². The number of aliphatic hydroxyl groups excluding tert-OH is 1. The van der Waals surface area contributed by atoms with Crippen molar-refractivity contribution in [1.29, 1.82) is 0 Å². The minimum absolute atomic E-state index is 0.387. The van der Waals surface area contributed by atoms with Gasteiger partial charge in [0.1, 0.15) is 5.69 Å². The van der Waals surface area contributed by atoms with E-state index in [1.807, 2.05) is 31.7 Å². The Morgan fingerprint density at radius 1 is 1.18 bits per heavy atom. The van der Waals surface area contributed by atoms with Gasteiger partial charge in [-0.2, -0.15) is 5.10 Å². The number of carbonyl (C=O) groups is 1. The summed E-state index contributed by atoms with van der Waals surface area (Å²) in [6.07, 6.45) is 4.61. The largest absolute Gasteiger partial charge is 0.400 e. The summed E-state index contributed by atoms with van der Waals surface area (Å²) < 4.78 is 1.71. The Kier molecular flexibility index (Phi) is 10.2. The summed E-state index contributed by atoms with van der Waals surface area (Å²) in [5.41, 5.74) is 4.31. The number of allylic oxidation sites excluding steroid dienone is 2. The number of hydrogen-bond acceptors (Lipinski definition) is 5. The van der Waals surface area contributed by atoms with Gasteiger partial charge < -0.3 is 5.11 Å². The minimum atomic E-state index is 0.387. The maximum atomic E-state index is 10.9. The number of carbonyl (C=O) groups excluding carboxylic acids is 1. The van der Waals surface area contributed by atoms with Gasteiger partial charge in [-0.1, -0.05) is 44.2 Å². The molecule has 0 fully saturated rings. The molecule has 0 aliphatic heterocycles. The van der Waals surface area contributed by atoms with E-state index in [1.54, 1.807) is 16.8 Å². The fourth-order valence-corrected chi connectivity index (χ4v) is 3.52. The third-order valence-corrected chi connectivity index (χ3v) is 5.18. The van der Waals surface area contributed by atoms with E-state index in [0.717, 1.165) is 24.7 Å². The second-order valence-corrected chi connectivity index (χ2v) is 7.16. The average molecular weight is 400 g/mol. The molecule has 1 aromatic carbocycles. The van der Waals surface area contributed by atoms with Crippen LogP contribution >= 0.6 is 11.8 Å². The van der Waals surface area contributed by atoms with Crippen LogP contribution in [0.15, 0.2) is 53.6 Å². The molecule has 0 bridgehead atoms. The van der Waals surface area contributed by atoms with E-state index in [4.69, 9.17) is 5.11 Å². The van der Waals surface area contributed by atoms with E-state index in [0.29, 0.717) is 16.6 Å². The SMILES string of the molecule is C/C=C(/C)SC(C)c1ccc(-c2ccnc3cc(C=O)nn23)cc1.CC.CO. The van der Waals surface area contributed by atoms with Crippen LogP contribution in [0.4, 0.5) is 0 Å². The molecule has 3 aromatic rings. The normalized spacial score (nSPS) is 11.8. The third-order valence-electron chi connectivity index (χ3n) is 3.94. The number of aliphatic hydroxyl groups is 1. The van der Waals surface area contributed by atoms with Gasteiger partial charge in [-0.05, 0) is 37.3 Å². The Morgan fingerprint density at radius 2 is 1.82 bits per heavy atom. The van der Waals surface area contributed by atoms with E-state index in [2.05, 4.69) is 61.2 Å². The van der Waals surface area contributed by atoms with Crippen molar-refractivity contribution in [2.24, 2.45) is 0 Å². The Bertz CT molecular complexity index is 902. The molecule has 6 heteroatoms. The molecule has 0 aliphatic carbocycles. The summed E-state index contributed by atoms with van der Waals surface area (Å²) in [5.74, 6) is 0. The molecule has 0 radical (unpaired) electrons. The molecule has 0 aliphatic rings. The summed E-state index contributed by atoms with van der Waals surface area (Å²) >= 11 is 1.86. The molecule has 1 N–H and O–H groups in total. The molecule has 0 saturated carbocycles. The van der Waals surface area contributed by atoms with Crippen LogP contribution in [0.3, 0.4) is 0 Å². The van der Waals surface area contributed by atoms with Crippen LogP contribution in [0.2, 0.25) is 0 Å². The number of nitrogens with zero attached hydrogens (tertiary/aromatic N) is 3. The van der Waals surface area contributed by atoms with Crippen LogP contribution in [0, 0.1) is 0 Å². The molecule has 5 nitrogen and oxygen atoms in total. The quantitative estimate of drug-likeness (QED) is 0.569. The Morgan fingerprint density at radius 3 is 2.39 bits per heavy atom. The number of rotatable bonds is 5. The summed E-state index contributed by atoms with van der Waals surface area (Å²) in [4.78, 5) is 16.5. The number of thioether (sulfide) groups is 1. The van der Waals surface area contributed by atoms with Gasteiger partial charge in [0.2, 0.25) is 0 Å². The molecule has 1 unspecified atom stereocenters. The van der Waals surface area contributed by atoms with Gasteiger partial charge in [0, 0.05) is 30.2 Å². The number of hydrogen-bond donors (Lipinski definition) is 1. The van der Waals surface area contributed by atoms with Crippen LogP contribution in [0.5, 0.6) is 0 Å². The summed E-state index contributed by atoms with van der Waals surface area (Å²) in [6, 6.07) is 12.1. The summed E-state index contributed by atoms with van der Waals surface area (Å²) in [7, 11) is 1.00. The zero-order valence-electron chi connectivity index (χ0n) is 17.4. The third kappa shape index (κ3) is 5.78. The molecular weight excluding hydrogens is 370 g/mol. The molecule has 2 heterocycles. The van der Waals surface area contributed by atoms with Crippen LogP contribution in [0.25, 0.3) is 16.9 Å². The molecule has 150 valence electrons. The highest BCUT2D eigenvalue weighted by atomic mass is 32.2. The lowest BCUT2D eigenvalue weighted by atomic mass is 10.1. The van der Waals surface area contributed by atoms with Crippen molar-refractivity contribution in [2.75, 3.05) is 7.11 Å². The lowest BCUT2D eigenvalue weighted by Crippen LogP contribution is -1.96. The van der Waals surface area contributed by atoms with Crippen molar-refractivity contribution in [1.82, 2.24) is 14.6 Å². The molecule has 1 atom stereocenters. The average Bonchev–Trinajstić information content (AvgIpc) is 3.20. The van der Waals surface area contributed by atoms with Crippen molar-refractivity contribution < 1.29 is 9.90 Å². The van der Waals surface area contributed by atoms with Gasteiger partial charge in [0.05, 0.1) is 5.69 Å². The van der Waals surface area contributed by atoms with E-state index in [9.17, 15) is 4.79 Å². The van der Waals surface area contributed by atoms with Crippen LogP contribution in [-0.2, 0) is 0 Å². The lowest BCUT2D eigenvalue weighted by molar-refractivity contribution is 0.111. The smallest absolute Gasteiger partial charge is 0.170 e. The highest BCUT2D eigenvalue weighted by Gasteiger charge is 2.10. The maximum absolute atomic E-state index is 10.9. The molecule has 3 rings (SSSR count). The first-order valence-electron chi connectivity index (χ1n) is 9.27. The van der Waals surface area contributed by atoms with Crippen LogP contribution < -0.4 is 0 Å². The number of benzene rings is 1. The van der Waals surface area contributed by atoms with Gasteiger partial charge >= 0.3 is 0 Å². The van der Waals surface area contributed by atoms with Crippen molar-refractivity contribution in [3.63, 3.8) is 0 Å². The zero-order chi connectivity index (χ0) is 21.1. The zero-order valence-corrected chi connectivity index (χ0v) is 18.2. The predicted molar refractivity (Wildman–Crippen MR) is 119 cm³/mol. The van der Waals surface area contributed by atoms with Crippen molar-refractivity contribution in [2.45, 2.75) is 39.9 Å². The first-order valence-corrected chi connectivity index (χ1v) is 10.1. The fourth-order valence-electron chi connectivity index (χ4n) is 2.53. The first kappa shape index (κ1) is 23.6. The lowest BCUT2D eigenvalue weighted by Gasteiger charge is -2.13. The number of aromatic nitrogens is 3. The molecule has 0 amide bonds. The van der Waals surface area contributed by atoms with Crippen LogP contribution in [-0.4, -0.2) is 33.1 Å². The predicted octanol–water partition coefficient (Wildman–Crippen LogP) is 5.56. The van der Waals surface area contributed by atoms with Gasteiger partial charge in [-0.15, -0.1) is 11.8 Å². The van der Waals surface area contributed by atoms with Crippen molar-refractivity contribution in [3.8, 4) is 11.3 Å². The number of aldehydes is 1. The highest BCUT2D eigenvalue weighted by molar-refractivity contribution is 8.03. The summed E-state index contributed by atoms with van der Waals surface area (Å²) in [5, 5.41) is 11.7. The second kappa shape index (κ2) is 12.1.